The van der Waals surface area contributed by atoms with Crippen LogP contribution in [0.25, 0.3) is 0 Å². The van der Waals surface area contributed by atoms with Gasteiger partial charge in [0.1, 0.15) is 6.33 Å². The first kappa shape index (κ1) is 16.4. The molecule has 2 aromatic rings. The number of rotatable bonds is 6. The molecule has 1 fully saturated rings. The van der Waals surface area contributed by atoms with Gasteiger partial charge in [0.05, 0.1) is 11.0 Å². The van der Waals surface area contributed by atoms with E-state index in [4.69, 9.17) is 16.3 Å². The van der Waals surface area contributed by atoms with Crippen molar-refractivity contribution < 1.29 is 9.66 Å². The highest BCUT2D eigenvalue weighted by molar-refractivity contribution is 6.30. The van der Waals surface area contributed by atoms with Crippen molar-refractivity contribution in [1.82, 2.24) is 9.97 Å². The smallest absolute Gasteiger partial charge is 0.353 e. The average molecular weight is 350 g/mol. The third-order valence-electron chi connectivity index (χ3n) is 3.61. The van der Waals surface area contributed by atoms with E-state index < -0.39 is 4.92 Å². The van der Waals surface area contributed by atoms with Gasteiger partial charge in [-0.25, -0.2) is 9.97 Å². The van der Waals surface area contributed by atoms with Gasteiger partial charge in [0.2, 0.25) is 11.6 Å². The molecule has 2 N–H and O–H groups in total. The Morgan fingerprint density at radius 1 is 1.38 bits per heavy atom. The molecular formula is C15H16ClN5O3. The van der Waals surface area contributed by atoms with Crippen molar-refractivity contribution in [1.29, 1.82) is 0 Å². The number of nitrogens with zero attached hydrogens (tertiary/aromatic N) is 3. The molecule has 1 atom stereocenters. The lowest BCUT2D eigenvalue weighted by Gasteiger charge is -2.13. The van der Waals surface area contributed by atoms with Crippen molar-refractivity contribution in [2.24, 2.45) is 0 Å². The Morgan fingerprint density at radius 2 is 2.21 bits per heavy atom. The van der Waals surface area contributed by atoms with Crippen LogP contribution in [0.4, 0.5) is 23.0 Å². The SMILES string of the molecule is O=[N+]([O-])c1c(NCC2CCCO2)ncnc1Nc1cccc(Cl)c1. The third kappa shape index (κ3) is 3.90. The van der Waals surface area contributed by atoms with E-state index in [2.05, 4.69) is 20.6 Å². The first-order chi connectivity index (χ1) is 11.6. The topological polar surface area (TPSA) is 102 Å². The van der Waals surface area contributed by atoms with Gasteiger partial charge in [-0.2, -0.15) is 0 Å². The highest BCUT2D eigenvalue weighted by Gasteiger charge is 2.24. The predicted octanol–water partition coefficient (Wildman–Crippen LogP) is 3.37. The van der Waals surface area contributed by atoms with E-state index in [1.165, 1.54) is 6.33 Å². The number of ether oxygens (including phenoxy) is 1. The predicted molar refractivity (Wildman–Crippen MR) is 90.9 cm³/mol. The molecule has 0 amide bonds. The summed E-state index contributed by atoms with van der Waals surface area (Å²) in [5.41, 5.74) is 0.393. The Balaban J connectivity index is 1.82. The highest BCUT2D eigenvalue weighted by Crippen LogP contribution is 2.31. The second kappa shape index (κ2) is 7.41. The number of anilines is 3. The van der Waals surface area contributed by atoms with E-state index in [1.54, 1.807) is 24.3 Å². The van der Waals surface area contributed by atoms with Gasteiger partial charge >= 0.3 is 5.69 Å². The van der Waals surface area contributed by atoms with Crippen molar-refractivity contribution in [3.05, 3.63) is 45.7 Å². The van der Waals surface area contributed by atoms with Crippen LogP contribution in [0.1, 0.15) is 12.8 Å². The summed E-state index contributed by atoms with van der Waals surface area (Å²) in [6, 6.07) is 6.87. The maximum Gasteiger partial charge on any atom is 0.353 e. The number of halogens is 1. The molecule has 1 aliphatic rings. The Morgan fingerprint density at radius 3 is 2.92 bits per heavy atom. The summed E-state index contributed by atoms with van der Waals surface area (Å²) in [4.78, 5) is 19.0. The monoisotopic (exact) mass is 349 g/mol. The Hall–Kier alpha value is -2.45. The fraction of sp³-hybridized carbons (Fsp3) is 0.333. The molecule has 0 spiro atoms. The minimum Gasteiger partial charge on any atom is -0.376 e. The van der Waals surface area contributed by atoms with Crippen LogP contribution in [-0.2, 0) is 4.74 Å². The van der Waals surface area contributed by atoms with Crippen molar-refractivity contribution in [2.45, 2.75) is 18.9 Å². The summed E-state index contributed by atoms with van der Waals surface area (Å²) in [5, 5.41) is 17.9. The van der Waals surface area contributed by atoms with Gasteiger partial charge in [0.25, 0.3) is 0 Å². The number of benzene rings is 1. The van der Waals surface area contributed by atoms with Crippen LogP contribution in [0.15, 0.2) is 30.6 Å². The largest absolute Gasteiger partial charge is 0.376 e. The zero-order chi connectivity index (χ0) is 16.9. The second-order valence-corrected chi connectivity index (χ2v) is 5.76. The van der Waals surface area contributed by atoms with E-state index in [1.807, 2.05) is 0 Å². The highest BCUT2D eigenvalue weighted by atomic mass is 35.5. The van der Waals surface area contributed by atoms with Crippen LogP contribution in [0, 0.1) is 10.1 Å². The maximum atomic E-state index is 11.5. The quantitative estimate of drug-likeness (QED) is 0.608. The van der Waals surface area contributed by atoms with Crippen LogP contribution in [0.2, 0.25) is 5.02 Å². The Bertz CT molecular complexity index is 737. The molecule has 1 unspecified atom stereocenters. The van der Waals surface area contributed by atoms with Crippen LogP contribution >= 0.6 is 11.6 Å². The average Bonchev–Trinajstić information content (AvgIpc) is 3.06. The normalized spacial score (nSPS) is 16.8. The van der Waals surface area contributed by atoms with Gasteiger partial charge in [0, 0.05) is 23.9 Å². The molecule has 1 aromatic heterocycles. The minimum atomic E-state index is -0.509. The standard InChI is InChI=1S/C15H16ClN5O3/c16-10-3-1-4-11(7-10)20-15-13(21(22)23)14(18-9-19-15)17-8-12-5-2-6-24-12/h1,3-4,7,9,12H,2,5-6,8H2,(H2,17,18,19,20). The van der Waals surface area contributed by atoms with E-state index in [0.717, 1.165) is 19.4 Å². The van der Waals surface area contributed by atoms with Gasteiger partial charge in [-0.15, -0.1) is 0 Å². The van der Waals surface area contributed by atoms with Crippen molar-refractivity contribution >= 4 is 34.6 Å². The first-order valence-corrected chi connectivity index (χ1v) is 7.89. The molecule has 2 heterocycles. The molecule has 8 nitrogen and oxygen atoms in total. The second-order valence-electron chi connectivity index (χ2n) is 5.33. The van der Waals surface area contributed by atoms with Crippen molar-refractivity contribution in [3.8, 4) is 0 Å². The molecule has 24 heavy (non-hydrogen) atoms. The fourth-order valence-electron chi connectivity index (χ4n) is 2.49. The lowest BCUT2D eigenvalue weighted by atomic mass is 10.2. The maximum absolute atomic E-state index is 11.5. The summed E-state index contributed by atoms with van der Waals surface area (Å²) < 4.78 is 5.51. The number of nitro groups is 1. The Kier molecular flexibility index (Phi) is 5.07. The minimum absolute atomic E-state index is 0.0453. The van der Waals surface area contributed by atoms with Crippen LogP contribution in [-0.4, -0.2) is 34.1 Å². The van der Waals surface area contributed by atoms with Gasteiger partial charge < -0.3 is 15.4 Å². The molecular weight excluding hydrogens is 334 g/mol. The zero-order valence-corrected chi connectivity index (χ0v) is 13.5. The van der Waals surface area contributed by atoms with E-state index >= 15 is 0 Å². The number of aromatic nitrogens is 2. The molecule has 1 saturated heterocycles. The molecule has 1 aromatic carbocycles. The Labute approximate surface area is 143 Å². The number of hydrogen-bond donors (Lipinski definition) is 2. The van der Waals surface area contributed by atoms with E-state index in [-0.39, 0.29) is 23.4 Å². The summed E-state index contributed by atoms with van der Waals surface area (Å²) in [6.07, 6.45) is 3.25. The molecule has 0 radical (unpaired) electrons. The van der Waals surface area contributed by atoms with E-state index in [9.17, 15) is 10.1 Å². The molecule has 126 valence electrons. The molecule has 1 aliphatic heterocycles. The summed E-state index contributed by atoms with van der Waals surface area (Å²) in [6.45, 7) is 1.19. The first-order valence-electron chi connectivity index (χ1n) is 7.51. The zero-order valence-electron chi connectivity index (χ0n) is 12.7. The van der Waals surface area contributed by atoms with Crippen LogP contribution < -0.4 is 10.6 Å². The lowest BCUT2D eigenvalue weighted by Crippen LogP contribution is -2.20. The van der Waals surface area contributed by atoms with Crippen molar-refractivity contribution in [3.63, 3.8) is 0 Å². The summed E-state index contributed by atoms with van der Waals surface area (Å²) >= 11 is 5.93. The van der Waals surface area contributed by atoms with Crippen LogP contribution in [0.3, 0.4) is 0 Å². The van der Waals surface area contributed by atoms with Gasteiger partial charge in [-0.3, -0.25) is 10.1 Å². The number of hydrogen-bond acceptors (Lipinski definition) is 7. The van der Waals surface area contributed by atoms with Gasteiger partial charge in [-0.1, -0.05) is 17.7 Å². The van der Waals surface area contributed by atoms with Crippen molar-refractivity contribution in [2.75, 3.05) is 23.8 Å². The van der Waals surface area contributed by atoms with Gasteiger partial charge in [0.15, 0.2) is 0 Å². The summed E-state index contributed by atoms with van der Waals surface area (Å²) in [5.74, 6) is 0.266. The molecule has 0 bridgehead atoms. The number of nitrogens with one attached hydrogen (secondary N) is 2. The van der Waals surface area contributed by atoms with Crippen LogP contribution in [0.5, 0.6) is 0 Å². The third-order valence-corrected chi connectivity index (χ3v) is 3.85. The molecule has 0 aliphatic carbocycles. The summed E-state index contributed by atoms with van der Waals surface area (Å²) in [7, 11) is 0. The fourth-order valence-corrected chi connectivity index (χ4v) is 2.68. The lowest BCUT2D eigenvalue weighted by molar-refractivity contribution is -0.383. The molecule has 0 saturated carbocycles. The van der Waals surface area contributed by atoms with Gasteiger partial charge in [-0.05, 0) is 31.0 Å². The molecule has 9 heteroatoms. The van der Waals surface area contributed by atoms with E-state index in [0.29, 0.717) is 17.3 Å². The molecule has 3 rings (SSSR count).